The van der Waals surface area contributed by atoms with Gasteiger partial charge in [-0.05, 0) is 18.8 Å². The smallest absolute Gasteiger partial charge is 0.0471 e. The zero-order valence-electron chi connectivity index (χ0n) is 7.96. The minimum absolute atomic E-state index is 0.214. The Bertz CT molecular complexity index is 197. The zero-order chi connectivity index (χ0) is 9.10. The van der Waals surface area contributed by atoms with E-state index in [1.54, 1.807) is 0 Å². The van der Waals surface area contributed by atoms with Crippen LogP contribution in [0.3, 0.4) is 0 Å². The van der Waals surface area contributed by atoms with Gasteiger partial charge in [0.25, 0.3) is 0 Å². The molecule has 2 rings (SSSR count). The lowest BCUT2D eigenvalue weighted by Crippen LogP contribution is -2.40. The van der Waals surface area contributed by atoms with Crippen molar-refractivity contribution in [3.63, 3.8) is 0 Å². The maximum absolute atomic E-state index is 5.86. The Balaban J connectivity index is 1.97. The van der Waals surface area contributed by atoms with Crippen LogP contribution in [0.15, 0.2) is 11.6 Å². The van der Waals surface area contributed by atoms with E-state index < -0.39 is 0 Å². The summed E-state index contributed by atoms with van der Waals surface area (Å²) in [7, 11) is 0. The van der Waals surface area contributed by atoms with Crippen molar-refractivity contribution in [2.24, 2.45) is 11.7 Å². The Kier molecular flexibility index (Phi) is 2.98. The third kappa shape index (κ3) is 2.30. The van der Waals surface area contributed by atoms with Crippen LogP contribution in [-0.2, 0) is 4.74 Å². The molecule has 2 heterocycles. The maximum atomic E-state index is 5.86. The summed E-state index contributed by atoms with van der Waals surface area (Å²) in [4.78, 5) is 0. The van der Waals surface area contributed by atoms with Crippen molar-refractivity contribution in [2.45, 2.75) is 18.9 Å². The first-order chi connectivity index (χ1) is 6.36. The van der Waals surface area contributed by atoms with Crippen LogP contribution in [-0.4, -0.2) is 32.3 Å². The summed E-state index contributed by atoms with van der Waals surface area (Å²) in [5.74, 6) is 0.715. The Morgan fingerprint density at radius 2 is 2.15 bits per heavy atom. The lowest BCUT2D eigenvalue weighted by molar-refractivity contribution is 0.0748. The van der Waals surface area contributed by atoms with E-state index >= 15 is 0 Å². The number of hydrogen-bond acceptors (Lipinski definition) is 3. The molecule has 0 amide bonds. The Hall–Kier alpha value is -0.380. The molecule has 0 saturated carbocycles. The van der Waals surface area contributed by atoms with Gasteiger partial charge in [-0.2, -0.15) is 0 Å². The third-order valence-corrected chi connectivity index (χ3v) is 2.88. The highest BCUT2D eigenvalue weighted by atomic mass is 16.5. The second kappa shape index (κ2) is 4.22. The first-order valence-corrected chi connectivity index (χ1v) is 5.11. The fraction of sp³-hybridized carbons (Fsp3) is 0.800. The summed E-state index contributed by atoms with van der Waals surface area (Å²) < 4.78 is 5.34. The van der Waals surface area contributed by atoms with Crippen molar-refractivity contribution in [3.8, 4) is 0 Å². The molecule has 0 aromatic rings. The molecule has 1 fully saturated rings. The molecule has 13 heavy (non-hydrogen) atoms. The fourth-order valence-electron chi connectivity index (χ4n) is 2.12. The number of rotatable bonds is 1. The maximum Gasteiger partial charge on any atom is 0.0471 e. The Labute approximate surface area is 79.3 Å². The molecule has 0 spiro atoms. The number of nitrogens with one attached hydrogen (secondary N) is 1. The predicted octanol–water partition coefficient (Wildman–Crippen LogP) is 0.270. The van der Waals surface area contributed by atoms with Crippen LogP contribution in [0.5, 0.6) is 0 Å². The molecule has 0 aromatic carbocycles. The Morgan fingerprint density at radius 1 is 1.38 bits per heavy atom. The monoisotopic (exact) mass is 182 g/mol. The Morgan fingerprint density at radius 3 is 2.85 bits per heavy atom. The third-order valence-electron chi connectivity index (χ3n) is 2.88. The SMILES string of the molecule is NC1C=C(C2CCOCC2)CNC1. The molecule has 0 bridgehead atoms. The van der Waals surface area contributed by atoms with E-state index in [2.05, 4.69) is 11.4 Å². The summed E-state index contributed by atoms with van der Waals surface area (Å²) >= 11 is 0. The minimum atomic E-state index is 0.214. The van der Waals surface area contributed by atoms with Gasteiger partial charge in [-0.15, -0.1) is 0 Å². The number of nitrogens with two attached hydrogens (primary N) is 1. The summed E-state index contributed by atoms with van der Waals surface area (Å²) in [6.45, 7) is 3.78. The summed E-state index contributed by atoms with van der Waals surface area (Å²) in [6, 6.07) is 0.214. The van der Waals surface area contributed by atoms with Gasteiger partial charge < -0.3 is 15.8 Å². The van der Waals surface area contributed by atoms with Crippen LogP contribution in [0.2, 0.25) is 0 Å². The van der Waals surface area contributed by atoms with Crippen LogP contribution >= 0.6 is 0 Å². The van der Waals surface area contributed by atoms with Crippen molar-refractivity contribution >= 4 is 0 Å². The molecule has 2 aliphatic rings. The molecule has 0 aliphatic carbocycles. The van der Waals surface area contributed by atoms with Gasteiger partial charge in [0.15, 0.2) is 0 Å². The van der Waals surface area contributed by atoms with Crippen LogP contribution in [0.4, 0.5) is 0 Å². The molecule has 2 aliphatic heterocycles. The fourth-order valence-corrected chi connectivity index (χ4v) is 2.12. The zero-order valence-corrected chi connectivity index (χ0v) is 7.96. The van der Waals surface area contributed by atoms with Crippen molar-refractivity contribution in [2.75, 3.05) is 26.3 Å². The molecule has 3 heteroatoms. The van der Waals surface area contributed by atoms with E-state index in [0.29, 0.717) is 5.92 Å². The van der Waals surface area contributed by atoms with E-state index in [1.165, 1.54) is 18.4 Å². The van der Waals surface area contributed by atoms with Gasteiger partial charge in [0, 0.05) is 32.3 Å². The summed E-state index contributed by atoms with van der Waals surface area (Å²) in [5.41, 5.74) is 7.36. The van der Waals surface area contributed by atoms with Gasteiger partial charge in [0.1, 0.15) is 0 Å². The van der Waals surface area contributed by atoms with Crippen LogP contribution in [0, 0.1) is 5.92 Å². The van der Waals surface area contributed by atoms with Crippen LogP contribution < -0.4 is 11.1 Å². The standard InChI is InChI=1S/C10H18N2O/c11-10-5-9(6-12-7-10)8-1-3-13-4-2-8/h5,8,10,12H,1-4,6-7,11H2. The lowest BCUT2D eigenvalue weighted by atomic mass is 9.88. The molecule has 1 saturated heterocycles. The number of ether oxygens (including phenoxy) is 1. The second-order valence-corrected chi connectivity index (χ2v) is 3.92. The summed E-state index contributed by atoms with van der Waals surface area (Å²) in [6.07, 6.45) is 4.58. The van der Waals surface area contributed by atoms with E-state index in [4.69, 9.17) is 10.5 Å². The average Bonchev–Trinajstić information content (AvgIpc) is 2.19. The highest BCUT2D eigenvalue weighted by Gasteiger charge is 2.20. The van der Waals surface area contributed by atoms with Crippen molar-refractivity contribution in [1.29, 1.82) is 0 Å². The highest BCUT2D eigenvalue weighted by Crippen LogP contribution is 2.24. The van der Waals surface area contributed by atoms with Gasteiger partial charge in [-0.25, -0.2) is 0 Å². The topological polar surface area (TPSA) is 47.3 Å². The molecule has 0 aromatic heterocycles. The van der Waals surface area contributed by atoms with E-state index in [9.17, 15) is 0 Å². The predicted molar refractivity (Wildman–Crippen MR) is 52.5 cm³/mol. The molecule has 3 N–H and O–H groups in total. The first kappa shape index (κ1) is 9.19. The molecule has 1 atom stereocenters. The number of hydrogen-bond donors (Lipinski definition) is 2. The van der Waals surface area contributed by atoms with Gasteiger partial charge in [-0.1, -0.05) is 11.6 Å². The van der Waals surface area contributed by atoms with Crippen LogP contribution in [0.25, 0.3) is 0 Å². The molecular formula is C10H18N2O. The largest absolute Gasteiger partial charge is 0.381 e. The molecule has 0 radical (unpaired) electrons. The van der Waals surface area contributed by atoms with E-state index in [0.717, 1.165) is 26.3 Å². The molecule has 1 unspecified atom stereocenters. The van der Waals surface area contributed by atoms with Gasteiger partial charge in [0.05, 0.1) is 0 Å². The highest BCUT2D eigenvalue weighted by molar-refractivity contribution is 5.16. The second-order valence-electron chi connectivity index (χ2n) is 3.92. The van der Waals surface area contributed by atoms with Crippen molar-refractivity contribution in [1.82, 2.24) is 5.32 Å². The van der Waals surface area contributed by atoms with Crippen molar-refractivity contribution < 1.29 is 4.74 Å². The average molecular weight is 182 g/mol. The summed E-state index contributed by atoms with van der Waals surface area (Å²) in [5, 5.41) is 3.35. The van der Waals surface area contributed by atoms with E-state index in [1.807, 2.05) is 0 Å². The quantitative estimate of drug-likeness (QED) is 0.572. The molecular weight excluding hydrogens is 164 g/mol. The minimum Gasteiger partial charge on any atom is -0.381 e. The van der Waals surface area contributed by atoms with E-state index in [-0.39, 0.29) is 6.04 Å². The lowest BCUT2D eigenvalue weighted by Gasteiger charge is -2.28. The molecule has 74 valence electrons. The van der Waals surface area contributed by atoms with Gasteiger partial charge >= 0.3 is 0 Å². The molecule has 3 nitrogen and oxygen atoms in total. The van der Waals surface area contributed by atoms with Gasteiger partial charge in [0.2, 0.25) is 0 Å². The normalized spacial score (nSPS) is 31.5. The first-order valence-electron chi connectivity index (χ1n) is 5.11. The van der Waals surface area contributed by atoms with Crippen LogP contribution in [0.1, 0.15) is 12.8 Å². The van der Waals surface area contributed by atoms with Gasteiger partial charge in [-0.3, -0.25) is 0 Å². The van der Waals surface area contributed by atoms with Crippen molar-refractivity contribution in [3.05, 3.63) is 11.6 Å².